The molecule has 0 fully saturated rings. The number of carbonyl (C=O) groups is 2. The molecule has 0 saturated heterocycles. The highest BCUT2D eigenvalue weighted by Gasteiger charge is 2.33. The van der Waals surface area contributed by atoms with Gasteiger partial charge in [0.1, 0.15) is 28.9 Å². The average Bonchev–Trinajstić information content (AvgIpc) is 3.18. The van der Waals surface area contributed by atoms with E-state index in [1.54, 1.807) is 12.1 Å². The molecule has 3 rings (SSSR count). The predicted molar refractivity (Wildman–Crippen MR) is 101 cm³/mol. The third kappa shape index (κ3) is 3.39. The van der Waals surface area contributed by atoms with Crippen molar-refractivity contribution in [1.82, 2.24) is 4.90 Å². The van der Waals surface area contributed by atoms with E-state index in [0.29, 0.717) is 17.1 Å². The first-order valence-electron chi connectivity index (χ1n) is 8.36. The first-order valence-corrected chi connectivity index (χ1v) is 8.36. The van der Waals surface area contributed by atoms with Gasteiger partial charge in [0.2, 0.25) is 0 Å². The van der Waals surface area contributed by atoms with E-state index in [1.165, 1.54) is 45.4 Å². The van der Waals surface area contributed by atoms with Gasteiger partial charge in [-0.2, -0.15) is 5.26 Å². The molecule has 2 aromatic rings. The van der Waals surface area contributed by atoms with Gasteiger partial charge in [0.15, 0.2) is 0 Å². The average molecular weight is 393 g/mol. The second-order valence-corrected chi connectivity index (χ2v) is 6.18. The van der Waals surface area contributed by atoms with Crippen LogP contribution in [-0.2, 0) is 9.59 Å². The van der Waals surface area contributed by atoms with E-state index < -0.39 is 16.7 Å². The lowest BCUT2D eigenvalue weighted by molar-refractivity contribution is -0.384. The van der Waals surface area contributed by atoms with Gasteiger partial charge >= 0.3 is 0 Å². The maximum absolute atomic E-state index is 12.5. The number of likely N-dealkylation sites (N-methyl/N-ethyl adjacent to an activating group) is 1. The minimum Gasteiger partial charge on any atom is -0.496 e. The fraction of sp³-hybridized carbons (Fsp3) is 0.150. The van der Waals surface area contributed by atoms with E-state index in [1.807, 2.05) is 6.07 Å². The van der Waals surface area contributed by atoms with Gasteiger partial charge < -0.3 is 9.15 Å². The topological polar surface area (TPSA) is 127 Å². The summed E-state index contributed by atoms with van der Waals surface area (Å²) in [4.78, 5) is 35.8. The van der Waals surface area contributed by atoms with Gasteiger partial charge in [-0.1, -0.05) is 0 Å². The number of amides is 2. The number of nitriles is 1. The number of carbonyl (C=O) groups excluding carboxylic acids is 2. The summed E-state index contributed by atoms with van der Waals surface area (Å²) in [5, 5.41) is 20.1. The number of ether oxygens (including phenoxy) is 1. The number of benzene rings is 1. The Balaban J connectivity index is 2.04. The second-order valence-electron chi connectivity index (χ2n) is 6.18. The number of non-ortho nitro benzene ring substituents is 1. The number of hydrogen-bond donors (Lipinski definition) is 0. The number of nitro benzene ring substituents is 1. The van der Waals surface area contributed by atoms with Crippen LogP contribution >= 0.6 is 0 Å². The number of furan rings is 1. The molecule has 29 heavy (non-hydrogen) atoms. The van der Waals surface area contributed by atoms with E-state index >= 15 is 0 Å². The van der Waals surface area contributed by atoms with Gasteiger partial charge in [0.05, 0.1) is 23.7 Å². The van der Waals surface area contributed by atoms with Crippen LogP contribution in [0.15, 0.2) is 51.5 Å². The van der Waals surface area contributed by atoms with E-state index in [-0.39, 0.29) is 28.2 Å². The third-order valence-electron chi connectivity index (χ3n) is 4.52. The number of imide groups is 1. The van der Waals surface area contributed by atoms with Crippen molar-refractivity contribution in [3.63, 3.8) is 0 Å². The lowest BCUT2D eigenvalue weighted by Gasteiger charge is -2.23. The van der Waals surface area contributed by atoms with Gasteiger partial charge in [0.25, 0.3) is 17.5 Å². The maximum atomic E-state index is 12.5. The number of nitro groups is 1. The number of hydrogen-bond acceptors (Lipinski definition) is 7. The summed E-state index contributed by atoms with van der Waals surface area (Å²) in [5.41, 5.74) is 0.702. The summed E-state index contributed by atoms with van der Waals surface area (Å²) in [6, 6.07) is 9.17. The van der Waals surface area contributed by atoms with Gasteiger partial charge in [0, 0.05) is 18.7 Å². The summed E-state index contributed by atoms with van der Waals surface area (Å²) < 4.78 is 11.0. The van der Waals surface area contributed by atoms with Gasteiger partial charge in [-0.3, -0.25) is 24.6 Å². The predicted octanol–water partition coefficient (Wildman–Crippen LogP) is 3.09. The van der Waals surface area contributed by atoms with Gasteiger partial charge in [-0.05, 0) is 36.8 Å². The van der Waals surface area contributed by atoms with Crippen molar-refractivity contribution in [3.05, 3.63) is 62.9 Å². The monoisotopic (exact) mass is 393 g/mol. The molecule has 0 atom stereocenters. The zero-order chi connectivity index (χ0) is 21.3. The normalized spacial score (nSPS) is 15.7. The van der Waals surface area contributed by atoms with Crippen molar-refractivity contribution in [2.75, 3.05) is 14.2 Å². The molecule has 0 unspecified atom stereocenters. The van der Waals surface area contributed by atoms with Crippen molar-refractivity contribution in [2.45, 2.75) is 6.92 Å². The molecule has 1 aliphatic heterocycles. The van der Waals surface area contributed by atoms with Crippen LogP contribution in [0.2, 0.25) is 0 Å². The molecule has 1 aliphatic rings. The Morgan fingerprint density at radius 3 is 2.59 bits per heavy atom. The SMILES string of the molecule is COc1cc([N+](=O)[O-])ccc1-c1ccc(C=C2C(=O)N(C)C(=O)C(C#N)=C2C)o1. The standard InChI is InChI=1S/C20H15N3O6/c1-11-15(19(24)22(2)20(25)16(11)10-21)9-13-5-7-17(29-13)14-6-4-12(23(26)27)8-18(14)28-3/h4-9H,1-3H3. The van der Waals surface area contributed by atoms with E-state index in [2.05, 4.69) is 0 Å². The minimum absolute atomic E-state index is 0.109. The van der Waals surface area contributed by atoms with Crippen molar-refractivity contribution >= 4 is 23.6 Å². The Hall–Kier alpha value is -4.19. The Bertz CT molecular complexity index is 1150. The fourth-order valence-electron chi connectivity index (χ4n) is 2.91. The lowest BCUT2D eigenvalue weighted by Crippen LogP contribution is -2.39. The summed E-state index contributed by atoms with van der Waals surface area (Å²) in [6.45, 7) is 1.52. The molecular weight excluding hydrogens is 378 g/mol. The summed E-state index contributed by atoms with van der Waals surface area (Å²) in [7, 11) is 2.69. The van der Waals surface area contributed by atoms with Gasteiger partial charge in [-0.15, -0.1) is 0 Å². The fourth-order valence-corrected chi connectivity index (χ4v) is 2.91. The molecule has 1 aromatic heterocycles. The zero-order valence-corrected chi connectivity index (χ0v) is 15.8. The summed E-state index contributed by atoms with van der Waals surface area (Å²) in [6.07, 6.45) is 1.44. The largest absolute Gasteiger partial charge is 0.496 e. The van der Waals surface area contributed by atoms with E-state index in [0.717, 1.165) is 4.90 Å². The van der Waals surface area contributed by atoms with Gasteiger partial charge in [-0.25, -0.2) is 0 Å². The Kier molecular flexibility index (Phi) is 5.02. The van der Waals surface area contributed by atoms with Crippen LogP contribution < -0.4 is 4.74 Å². The van der Waals surface area contributed by atoms with E-state index in [9.17, 15) is 25.0 Å². The van der Waals surface area contributed by atoms with Crippen LogP contribution in [0.5, 0.6) is 5.75 Å². The second kappa shape index (κ2) is 7.44. The first kappa shape index (κ1) is 19.6. The van der Waals surface area contributed by atoms with Crippen molar-refractivity contribution in [3.8, 4) is 23.1 Å². The molecule has 2 heterocycles. The molecule has 0 spiro atoms. The molecule has 9 heteroatoms. The van der Waals surface area contributed by atoms with Crippen molar-refractivity contribution in [1.29, 1.82) is 5.26 Å². The molecule has 0 bridgehead atoms. The number of rotatable bonds is 4. The quantitative estimate of drug-likeness (QED) is 0.338. The molecule has 146 valence electrons. The van der Waals surface area contributed by atoms with Crippen LogP contribution in [0.3, 0.4) is 0 Å². The molecular formula is C20H15N3O6. The minimum atomic E-state index is -0.650. The van der Waals surface area contributed by atoms with Crippen LogP contribution in [0.25, 0.3) is 17.4 Å². The van der Waals surface area contributed by atoms with Crippen LogP contribution in [0, 0.1) is 21.4 Å². The summed E-state index contributed by atoms with van der Waals surface area (Å²) >= 11 is 0. The van der Waals surface area contributed by atoms with Crippen molar-refractivity contribution in [2.24, 2.45) is 0 Å². The zero-order valence-electron chi connectivity index (χ0n) is 15.8. The lowest BCUT2D eigenvalue weighted by atomic mass is 9.95. The molecule has 0 radical (unpaired) electrons. The van der Waals surface area contributed by atoms with Crippen molar-refractivity contribution < 1.29 is 23.7 Å². The molecule has 2 amide bonds. The van der Waals surface area contributed by atoms with Crippen LogP contribution in [0.1, 0.15) is 12.7 Å². The molecule has 0 aliphatic carbocycles. The molecule has 9 nitrogen and oxygen atoms in total. The maximum Gasteiger partial charge on any atom is 0.273 e. The third-order valence-corrected chi connectivity index (χ3v) is 4.52. The Morgan fingerprint density at radius 2 is 1.97 bits per heavy atom. The highest BCUT2D eigenvalue weighted by molar-refractivity contribution is 6.19. The Labute approximate surface area is 165 Å². The van der Waals surface area contributed by atoms with Crippen LogP contribution in [0.4, 0.5) is 5.69 Å². The Morgan fingerprint density at radius 1 is 1.24 bits per heavy atom. The summed E-state index contributed by atoms with van der Waals surface area (Å²) in [5.74, 6) is -0.253. The number of nitrogens with zero attached hydrogens (tertiary/aromatic N) is 3. The van der Waals surface area contributed by atoms with Crippen LogP contribution in [-0.4, -0.2) is 35.8 Å². The first-order chi connectivity index (χ1) is 13.8. The smallest absolute Gasteiger partial charge is 0.273 e. The molecule has 1 aromatic carbocycles. The molecule has 0 N–H and O–H groups in total. The highest BCUT2D eigenvalue weighted by Crippen LogP contribution is 2.35. The van der Waals surface area contributed by atoms with E-state index in [4.69, 9.17) is 9.15 Å². The molecule has 0 saturated carbocycles. The highest BCUT2D eigenvalue weighted by atomic mass is 16.6. The number of methoxy groups -OCH3 is 1.